The van der Waals surface area contributed by atoms with Crippen LogP contribution in [-0.4, -0.2) is 24.9 Å². The number of allylic oxidation sites excluding steroid dienone is 1. The van der Waals surface area contributed by atoms with Gasteiger partial charge >= 0.3 is 5.22 Å². The zero-order valence-corrected chi connectivity index (χ0v) is 7.55. The Morgan fingerprint density at radius 3 is 2.33 bits per heavy atom. The summed E-state index contributed by atoms with van der Waals surface area (Å²) in [5.74, 6) is 0.149. The van der Waals surface area contributed by atoms with Crippen LogP contribution in [0.25, 0.3) is 5.57 Å². The Labute approximate surface area is 70.0 Å². The Morgan fingerprint density at radius 1 is 1.50 bits per heavy atom. The van der Waals surface area contributed by atoms with Crippen LogP contribution in [-0.2, 0) is 9.84 Å². The molecule has 1 aromatic heterocycles. The van der Waals surface area contributed by atoms with Gasteiger partial charge in [-0.15, -0.1) is 5.10 Å². The van der Waals surface area contributed by atoms with Crippen molar-refractivity contribution in [2.75, 3.05) is 6.26 Å². The number of rotatable bonds is 2. The number of nitrogens with zero attached hydrogens (tertiary/aromatic N) is 2. The van der Waals surface area contributed by atoms with Crippen LogP contribution in [0.3, 0.4) is 0 Å². The van der Waals surface area contributed by atoms with Crippen LogP contribution in [0.1, 0.15) is 12.8 Å². The first kappa shape index (κ1) is 8.92. The molecule has 1 heterocycles. The maximum Gasteiger partial charge on any atom is 0.335 e. The van der Waals surface area contributed by atoms with E-state index in [9.17, 15) is 8.42 Å². The first-order valence-corrected chi connectivity index (χ1v) is 5.00. The monoisotopic (exact) mass is 188 g/mol. The molecule has 12 heavy (non-hydrogen) atoms. The van der Waals surface area contributed by atoms with Crippen LogP contribution >= 0.6 is 0 Å². The van der Waals surface area contributed by atoms with E-state index < -0.39 is 9.84 Å². The Kier molecular flexibility index (Phi) is 2.01. The smallest absolute Gasteiger partial charge is 0.335 e. The van der Waals surface area contributed by atoms with E-state index in [1.54, 1.807) is 6.92 Å². The van der Waals surface area contributed by atoms with Gasteiger partial charge in [-0.2, -0.15) is 0 Å². The SMILES string of the molecule is C=C(C)c1nnc(S(C)(=O)=O)o1. The van der Waals surface area contributed by atoms with Crippen molar-refractivity contribution in [1.82, 2.24) is 10.2 Å². The fourth-order valence-corrected chi connectivity index (χ4v) is 0.952. The summed E-state index contributed by atoms with van der Waals surface area (Å²) < 4.78 is 26.5. The Bertz CT molecular complexity index is 404. The van der Waals surface area contributed by atoms with Crippen LogP contribution in [0.5, 0.6) is 0 Å². The average molecular weight is 188 g/mol. The summed E-state index contributed by atoms with van der Waals surface area (Å²) in [6.45, 7) is 5.18. The molecule has 0 aliphatic heterocycles. The maximum absolute atomic E-state index is 10.8. The zero-order chi connectivity index (χ0) is 9.35. The summed E-state index contributed by atoms with van der Waals surface area (Å²) >= 11 is 0. The lowest BCUT2D eigenvalue weighted by atomic mass is 10.4. The van der Waals surface area contributed by atoms with Crippen LogP contribution in [0.4, 0.5) is 0 Å². The predicted molar refractivity (Wildman–Crippen MR) is 42.1 cm³/mol. The van der Waals surface area contributed by atoms with Crippen molar-refractivity contribution < 1.29 is 12.8 Å². The van der Waals surface area contributed by atoms with E-state index in [4.69, 9.17) is 4.42 Å². The highest BCUT2D eigenvalue weighted by molar-refractivity contribution is 7.90. The second kappa shape index (κ2) is 2.71. The first-order chi connectivity index (χ1) is 5.41. The van der Waals surface area contributed by atoms with Crippen molar-refractivity contribution in [3.05, 3.63) is 12.5 Å². The molecule has 0 amide bonds. The van der Waals surface area contributed by atoms with E-state index in [1.165, 1.54) is 0 Å². The average Bonchev–Trinajstić information content (AvgIpc) is 2.30. The van der Waals surface area contributed by atoms with Gasteiger partial charge in [-0.1, -0.05) is 11.7 Å². The second-order valence-corrected chi connectivity index (χ2v) is 4.32. The van der Waals surface area contributed by atoms with Gasteiger partial charge in [-0.3, -0.25) is 0 Å². The molecule has 0 aromatic carbocycles. The third kappa shape index (κ3) is 1.70. The molecular formula is C6H8N2O3S. The number of hydrogen-bond donors (Lipinski definition) is 0. The molecule has 0 spiro atoms. The Morgan fingerprint density at radius 2 is 2.08 bits per heavy atom. The fourth-order valence-electron chi connectivity index (χ4n) is 0.532. The number of aromatic nitrogens is 2. The Balaban J connectivity index is 3.17. The first-order valence-electron chi connectivity index (χ1n) is 3.10. The molecule has 0 aliphatic carbocycles. The molecule has 0 radical (unpaired) electrons. The lowest BCUT2D eigenvalue weighted by molar-refractivity contribution is 0.423. The predicted octanol–water partition coefficient (Wildman–Crippen LogP) is 0.506. The maximum atomic E-state index is 10.8. The standard InChI is InChI=1S/C6H8N2O3S/c1-4(2)5-7-8-6(11-5)12(3,9)10/h1H2,2-3H3. The highest BCUT2D eigenvalue weighted by atomic mass is 32.2. The summed E-state index contributed by atoms with van der Waals surface area (Å²) in [5.41, 5.74) is 0.539. The largest absolute Gasteiger partial charge is 0.408 e. The van der Waals surface area contributed by atoms with Crippen LogP contribution < -0.4 is 0 Å². The minimum absolute atomic E-state index is 0.149. The van der Waals surface area contributed by atoms with Crippen LogP contribution in [0.15, 0.2) is 16.2 Å². The molecule has 0 N–H and O–H groups in total. The minimum Gasteiger partial charge on any atom is -0.408 e. The van der Waals surface area contributed by atoms with Crippen molar-refractivity contribution in [1.29, 1.82) is 0 Å². The van der Waals surface area contributed by atoms with E-state index in [2.05, 4.69) is 16.8 Å². The van der Waals surface area contributed by atoms with Crippen molar-refractivity contribution >= 4 is 15.4 Å². The van der Waals surface area contributed by atoms with Gasteiger partial charge in [0.15, 0.2) is 0 Å². The quantitative estimate of drug-likeness (QED) is 0.676. The molecule has 0 fully saturated rings. The van der Waals surface area contributed by atoms with Gasteiger partial charge in [0.1, 0.15) is 0 Å². The molecule has 0 bridgehead atoms. The Hall–Kier alpha value is -1.17. The van der Waals surface area contributed by atoms with E-state index in [-0.39, 0.29) is 11.1 Å². The van der Waals surface area contributed by atoms with E-state index in [1.807, 2.05) is 0 Å². The third-order valence-electron chi connectivity index (χ3n) is 1.09. The summed E-state index contributed by atoms with van der Waals surface area (Å²) in [5, 5.41) is 6.46. The lowest BCUT2D eigenvalue weighted by Gasteiger charge is -1.87. The normalized spacial score (nSPS) is 11.5. The van der Waals surface area contributed by atoms with E-state index >= 15 is 0 Å². The fraction of sp³-hybridized carbons (Fsp3) is 0.333. The van der Waals surface area contributed by atoms with Gasteiger partial charge in [-0.25, -0.2) is 8.42 Å². The number of sulfone groups is 1. The second-order valence-electron chi connectivity index (χ2n) is 2.43. The number of hydrogen-bond acceptors (Lipinski definition) is 5. The summed E-state index contributed by atoms with van der Waals surface area (Å²) in [4.78, 5) is 0. The molecule has 5 nitrogen and oxygen atoms in total. The molecule has 0 saturated heterocycles. The highest BCUT2D eigenvalue weighted by Crippen LogP contribution is 2.12. The molecule has 66 valence electrons. The van der Waals surface area contributed by atoms with Crippen molar-refractivity contribution in [2.24, 2.45) is 0 Å². The van der Waals surface area contributed by atoms with E-state index in [0.717, 1.165) is 6.26 Å². The minimum atomic E-state index is -3.40. The van der Waals surface area contributed by atoms with Gasteiger partial charge in [0.25, 0.3) is 0 Å². The van der Waals surface area contributed by atoms with Gasteiger partial charge in [0.05, 0.1) is 0 Å². The van der Waals surface area contributed by atoms with Crippen molar-refractivity contribution in [3.63, 3.8) is 0 Å². The summed E-state index contributed by atoms with van der Waals surface area (Å²) in [6, 6.07) is 0. The van der Waals surface area contributed by atoms with Crippen molar-refractivity contribution in [2.45, 2.75) is 12.1 Å². The van der Waals surface area contributed by atoms with Crippen LogP contribution in [0, 0.1) is 0 Å². The molecule has 0 saturated carbocycles. The van der Waals surface area contributed by atoms with Gasteiger partial charge in [0.2, 0.25) is 15.7 Å². The van der Waals surface area contributed by atoms with Crippen molar-refractivity contribution in [3.8, 4) is 0 Å². The van der Waals surface area contributed by atoms with Crippen LogP contribution in [0.2, 0.25) is 0 Å². The molecule has 6 heteroatoms. The van der Waals surface area contributed by atoms with E-state index in [0.29, 0.717) is 5.57 Å². The third-order valence-corrected chi connectivity index (χ3v) is 1.89. The summed E-state index contributed by atoms with van der Waals surface area (Å²) in [6.07, 6.45) is 1.00. The molecule has 0 unspecified atom stereocenters. The molecule has 0 atom stereocenters. The topological polar surface area (TPSA) is 73.1 Å². The molecule has 1 rings (SSSR count). The van der Waals surface area contributed by atoms with Gasteiger partial charge in [-0.05, 0) is 6.92 Å². The summed E-state index contributed by atoms with van der Waals surface area (Å²) in [7, 11) is -3.40. The zero-order valence-electron chi connectivity index (χ0n) is 6.73. The molecule has 1 aromatic rings. The van der Waals surface area contributed by atoms with Gasteiger partial charge < -0.3 is 4.42 Å². The molecular weight excluding hydrogens is 180 g/mol. The lowest BCUT2D eigenvalue weighted by Crippen LogP contribution is -1.96. The highest BCUT2D eigenvalue weighted by Gasteiger charge is 2.16. The molecule has 0 aliphatic rings. The van der Waals surface area contributed by atoms with Gasteiger partial charge in [0, 0.05) is 11.8 Å².